The van der Waals surface area contributed by atoms with Crippen LogP contribution in [0.25, 0.3) is 10.8 Å². The van der Waals surface area contributed by atoms with Crippen molar-refractivity contribution in [3.05, 3.63) is 48.0 Å². The first-order valence-electron chi connectivity index (χ1n) is 8.02. The van der Waals surface area contributed by atoms with Gasteiger partial charge in [-0.05, 0) is 53.7 Å². The minimum atomic E-state index is 0.353. The number of nitrogens with zero attached hydrogens (tertiary/aromatic N) is 1. The third-order valence-electron chi connectivity index (χ3n) is 4.97. The van der Waals surface area contributed by atoms with Crippen LogP contribution < -0.4 is 5.73 Å². The highest BCUT2D eigenvalue weighted by molar-refractivity contribution is 5.83. The molecule has 0 radical (unpaired) electrons. The fourth-order valence-corrected chi connectivity index (χ4v) is 3.35. The van der Waals surface area contributed by atoms with Crippen LogP contribution in [0.5, 0.6) is 0 Å². The topological polar surface area (TPSA) is 29.3 Å². The van der Waals surface area contributed by atoms with Crippen molar-refractivity contribution in [2.75, 3.05) is 19.6 Å². The molecule has 1 aliphatic heterocycles. The number of rotatable bonds is 3. The molecule has 112 valence electrons. The van der Waals surface area contributed by atoms with Gasteiger partial charge in [-0.15, -0.1) is 0 Å². The van der Waals surface area contributed by atoms with E-state index in [0.717, 1.165) is 13.1 Å². The average molecular weight is 282 g/mol. The average Bonchev–Trinajstić information content (AvgIpc) is 2.49. The Hall–Kier alpha value is -1.38. The third kappa shape index (κ3) is 3.12. The molecule has 2 N–H and O–H groups in total. The number of fused-ring (bicyclic) bond motifs is 1. The predicted molar refractivity (Wildman–Crippen MR) is 90.3 cm³/mol. The van der Waals surface area contributed by atoms with E-state index in [-0.39, 0.29) is 0 Å². The van der Waals surface area contributed by atoms with Crippen molar-refractivity contribution in [3.8, 4) is 0 Å². The van der Waals surface area contributed by atoms with Gasteiger partial charge in [-0.3, -0.25) is 4.90 Å². The highest BCUT2D eigenvalue weighted by Gasteiger charge is 2.29. The maximum atomic E-state index is 6.11. The Labute approximate surface area is 127 Å². The molecule has 1 atom stereocenters. The summed E-state index contributed by atoms with van der Waals surface area (Å²) in [6.45, 7) is 7.75. The minimum Gasteiger partial charge on any atom is -0.329 e. The van der Waals surface area contributed by atoms with Crippen LogP contribution in [0, 0.1) is 5.41 Å². The van der Waals surface area contributed by atoms with E-state index in [9.17, 15) is 0 Å². The molecule has 0 amide bonds. The van der Waals surface area contributed by atoms with E-state index in [1.807, 2.05) is 0 Å². The second kappa shape index (κ2) is 5.78. The summed E-state index contributed by atoms with van der Waals surface area (Å²) in [4.78, 5) is 2.56. The monoisotopic (exact) mass is 282 g/mol. The Balaban J connectivity index is 1.84. The van der Waals surface area contributed by atoms with Crippen LogP contribution in [0.15, 0.2) is 42.5 Å². The van der Waals surface area contributed by atoms with E-state index >= 15 is 0 Å². The zero-order valence-electron chi connectivity index (χ0n) is 13.2. The zero-order valence-corrected chi connectivity index (χ0v) is 13.2. The predicted octanol–water partition coefficient (Wildman–Crippen LogP) is 3.96. The highest BCUT2D eigenvalue weighted by Crippen LogP contribution is 2.34. The third-order valence-corrected chi connectivity index (χ3v) is 4.97. The summed E-state index contributed by atoms with van der Waals surface area (Å²) in [7, 11) is 0. The Kier molecular flexibility index (Phi) is 4.01. The van der Waals surface area contributed by atoms with Gasteiger partial charge in [0.15, 0.2) is 0 Å². The fraction of sp³-hybridized carbons (Fsp3) is 0.474. The molecule has 0 spiro atoms. The summed E-state index contributed by atoms with van der Waals surface area (Å²) < 4.78 is 0. The first-order valence-corrected chi connectivity index (χ1v) is 8.02. The number of benzene rings is 2. The second-order valence-electron chi connectivity index (χ2n) is 7.06. The molecule has 1 saturated heterocycles. The molecule has 0 saturated carbocycles. The second-order valence-corrected chi connectivity index (χ2v) is 7.06. The number of hydrogen-bond donors (Lipinski definition) is 1. The molecule has 0 bridgehead atoms. The molecule has 2 aromatic rings. The molecular weight excluding hydrogens is 256 g/mol. The molecule has 1 fully saturated rings. The Morgan fingerprint density at radius 1 is 1.05 bits per heavy atom. The highest BCUT2D eigenvalue weighted by atomic mass is 15.2. The van der Waals surface area contributed by atoms with Gasteiger partial charge in [-0.2, -0.15) is 0 Å². The summed E-state index contributed by atoms with van der Waals surface area (Å²) in [5.74, 6) is 0. The molecule has 3 rings (SSSR count). The van der Waals surface area contributed by atoms with Crippen LogP contribution in [-0.2, 0) is 0 Å². The van der Waals surface area contributed by atoms with Crippen molar-refractivity contribution in [1.82, 2.24) is 4.90 Å². The maximum absolute atomic E-state index is 6.11. The number of likely N-dealkylation sites (tertiary alicyclic amines) is 1. The molecule has 1 unspecified atom stereocenters. The van der Waals surface area contributed by atoms with E-state index in [1.54, 1.807) is 0 Å². The molecule has 21 heavy (non-hydrogen) atoms. The van der Waals surface area contributed by atoms with Gasteiger partial charge in [-0.1, -0.05) is 50.2 Å². The summed E-state index contributed by atoms with van der Waals surface area (Å²) in [6, 6.07) is 15.7. The van der Waals surface area contributed by atoms with Gasteiger partial charge in [0.05, 0.1) is 0 Å². The van der Waals surface area contributed by atoms with Gasteiger partial charge in [0.25, 0.3) is 0 Å². The van der Waals surface area contributed by atoms with E-state index in [2.05, 4.69) is 61.2 Å². The largest absolute Gasteiger partial charge is 0.329 e. The molecule has 0 aromatic heterocycles. The van der Waals surface area contributed by atoms with Gasteiger partial charge >= 0.3 is 0 Å². The lowest BCUT2D eigenvalue weighted by Crippen LogP contribution is -2.42. The fourth-order valence-electron chi connectivity index (χ4n) is 3.35. The minimum absolute atomic E-state index is 0.353. The summed E-state index contributed by atoms with van der Waals surface area (Å²) in [5, 5.41) is 2.61. The van der Waals surface area contributed by atoms with Crippen molar-refractivity contribution >= 4 is 10.8 Å². The summed E-state index contributed by atoms with van der Waals surface area (Å²) in [6.07, 6.45) is 2.52. The van der Waals surface area contributed by atoms with Gasteiger partial charge in [-0.25, -0.2) is 0 Å². The summed E-state index contributed by atoms with van der Waals surface area (Å²) >= 11 is 0. The molecule has 1 aliphatic rings. The van der Waals surface area contributed by atoms with Crippen molar-refractivity contribution in [1.29, 1.82) is 0 Å². The molecule has 2 aromatic carbocycles. The van der Waals surface area contributed by atoms with Crippen LogP contribution in [0.4, 0.5) is 0 Å². The lowest BCUT2D eigenvalue weighted by atomic mass is 9.82. The van der Waals surface area contributed by atoms with Crippen LogP contribution in [0.1, 0.15) is 38.3 Å². The van der Waals surface area contributed by atoms with E-state index in [4.69, 9.17) is 5.73 Å². The van der Waals surface area contributed by atoms with E-state index < -0.39 is 0 Å². The van der Waals surface area contributed by atoms with Crippen LogP contribution in [0.2, 0.25) is 0 Å². The Morgan fingerprint density at radius 2 is 1.71 bits per heavy atom. The van der Waals surface area contributed by atoms with Crippen LogP contribution in [0.3, 0.4) is 0 Å². The Bertz CT molecular complexity index is 608. The normalized spacial score (nSPS) is 20.5. The maximum Gasteiger partial charge on any atom is 0.0470 e. The summed E-state index contributed by atoms with van der Waals surface area (Å²) in [5.41, 5.74) is 7.95. The molecule has 2 nitrogen and oxygen atoms in total. The van der Waals surface area contributed by atoms with Crippen molar-refractivity contribution in [2.45, 2.75) is 32.7 Å². The lowest BCUT2D eigenvalue weighted by molar-refractivity contribution is 0.0964. The van der Waals surface area contributed by atoms with Crippen molar-refractivity contribution < 1.29 is 0 Å². The standard InChI is InChI=1S/C19H26N2/c1-19(2)9-11-21(12-10-19)18(14-20)17-8-7-15-5-3-4-6-16(15)13-17/h3-8,13,18H,9-12,14,20H2,1-2H3. The smallest absolute Gasteiger partial charge is 0.0470 e. The number of piperidine rings is 1. The van der Waals surface area contributed by atoms with E-state index in [1.165, 1.54) is 29.2 Å². The van der Waals surface area contributed by atoms with Crippen LogP contribution >= 0.6 is 0 Å². The molecule has 0 aliphatic carbocycles. The first kappa shape index (κ1) is 14.6. The number of hydrogen-bond acceptors (Lipinski definition) is 2. The van der Waals surface area contributed by atoms with Gasteiger partial charge in [0.1, 0.15) is 0 Å². The van der Waals surface area contributed by atoms with Crippen molar-refractivity contribution in [2.24, 2.45) is 11.1 Å². The first-order chi connectivity index (χ1) is 10.1. The number of nitrogens with two attached hydrogens (primary N) is 1. The zero-order chi connectivity index (χ0) is 14.9. The van der Waals surface area contributed by atoms with E-state index in [0.29, 0.717) is 18.0 Å². The molecule has 1 heterocycles. The van der Waals surface area contributed by atoms with Gasteiger partial charge in [0, 0.05) is 12.6 Å². The molecular formula is C19H26N2. The van der Waals surface area contributed by atoms with Crippen molar-refractivity contribution in [3.63, 3.8) is 0 Å². The molecule has 2 heteroatoms. The van der Waals surface area contributed by atoms with Gasteiger partial charge < -0.3 is 5.73 Å². The lowest BCUT2D eigenvalue weighted by Gasteiger charge is -2.41. The quantitative estimate of drug-likeness (QED) is 0.923. The Morgan fingerprint density at radius 3 is 2.38 bits per heavy atom. The van der Waals surface area contributed by atoms with Crippen LogP contribution in [-0.4, -0.2) is 24.5 Å². The van der Waals surface area contributed by atoms with Gasteiger partial charge in [0.2, 0.25) is 0 Å². The SMILES string of the molecule is CC1(C)CCN(C(CN)c2ccc3ccccc3c2)CC1.